The summed E-state index contributed by atoms with van der Waals surface area (Å²) in [6.07, 6.45) is 0. The maximum Gasteiger partial charge on any atom is 0.348 e. The lowest BCUT2D eigenvalue weighted by Crippen LogP contribution is -2.19. The van der Waals surface area contributed by atoms with Gasteiger partial charge in [0.05, 0.1) is 10.6 Å². The largest absolute Gasteiger partial charge is 0.477 e. The monoisotopic (exact) mass is 449 g/mol. The minimum atomic E-state index is -2.45. The molecule has 0 saturated heterocycles. The van der Waals surface area contributed by atoms with Crippen molar-refractivity contribution in [2.75, 3.05) is 4.31 Å². The highest BCUT2D eigenvalue weighted by atomic mass is 32.2. The van der Waals surface area contributed by atoms with Gasteiger partial charge in [0.25, 0.3) is 11.3 Å². The van der Waals surface area contributed by atoms with Crippen molar-refractivity contribution in [1.82, 2.24) is 9.59 Å². The van der Waals surface area contributed by atoms with Crippen LogP contribution < -0.4 is 4.31 Å². The first-order valence-corrected chi connectivity index (χ1v) is 11.3. The number of carboxylic acid groups (broad SMARTS) is 1. The molecule has 0 spiro atoms. The summed E-state index contributed by atoms with van der Waals surface area (Å²) in [7, 11) is 0. The average molecular weight is 450 g/mol. The summed E-state index contributed by atoms with van der Waals surface area (Å²) in [5.74, 6) is -1.15. The van der Waals surface area contributed by atoms with E-state index in [4.69, 9.17) is 0 Å². The lowest BCUT2D eigenvalue weighted by Gasteiger charge is -2.17. The molecule has 0 radical (unpaired) electrons. The molecule has 4 rings (SSSR count). The lowest BCUT2D eigenvalue weighted by molar-refractivity contribution is 0.0703. The first-order valence-electron chi connectivity index (χ1n) is 7.75. The second-order valence-electron chi connectivity index (χ2n) is 5.45. The van der Waals surface area contributed by atoms with Crippen molar-refractivity contribution in [3.05, 3.63) is 58.8 Å². The van der Waals surface area contributed by atoms with E-state index in [2.05, 4.69) is 9.59 Å². The first-order chi connectivity index (χ1) is 13.5. The van der Waals surface area contributed by atoms with E-state index in [1.807, 2.05) is 30.3 Å². The molecule has 4 aromatic rings. The average Bonchev–Trinajstić information content (AvgIpc) is 3.43. The topological polar surface area (TPSA) is 104 Å². The number of carboxylic acids is 1. The molecule has 1 atom stereocenters. The van der Waals surface area contributed by atoms with Crippen LogP contribution in [-0.2, 0) is 11.3 Å². The van der Waals surface area contributed by atoms with Crippen molar-refractivity contribution in [2.24, 2.45) is 0 Å². The minimum absolute atomic E-state index is 0.00784. The normalized spacial score (nSPS) is 12.0. The Bertz CT molecular complexity index is 1140. The Morgan fingerprint density at radius 2 is 1.86 bits per heavy atom. The van der Waals surface area contributed by atoms with Gasteiger partial charge >= 0.3 is 5.97 Å². The number of thiophene rings is 2. The Kier molecular flexibility index (Phi) is 5.33. The van der Waals surface area contributed by atoms with Gasteiger partial charge in [0.2, 0.25) is 0 Å². The Hall–Kier alpha value is -2.44. The number of anilines is 2. The van der Waals surface area contributed by atoms with Crippen LogP contribution in [0.25, 0.3) is 21.0 Å². The summed E-state index contributed by atoms with van der Waals surface area (Å²) < 4.78 is 27.0. The summed E-state index contributed by atoms with van der Waals surface area (Å²) in [5, 5.41) is 15.9. The van der Waals surface area contributed by atoms with Crippen molar-refractivity contribution in [2.45, 2.75) is 0 Å². The second-order valence-corrected chi connectivity index (χ2v) is 9.00. The lowest BCUT2D eigenvalue weighted by atomic mass is 10.2. The summed E-state index contributed by atoms with van der Waals surface area (Å²) in [6, 6.07) is 14.3. The van der Waals surface area contributed by atoms with Gasteiger partial charge in [0.1, 0.15) is 15.6 Å². The fraction of sp³-hybridized carbons (Fsp3) is 0. The number of aromatic nitrogens is 2. The highest BCUT2D eigenvalue weighted by Crippen LogP contribution is 2.43. The number of aromatic carboxylic acids is 1. The molecule has 0 aliphatic heterocycles. The van der Waals surface area contributed by atoms with E-state index >= 15 is 0 Å². The van der Waals surface area contributed by atoms with Crippen molar-refractivity contribution in [3.8, 4) is 21.0 Å². The van der Waals surface area contributed by atoms with E-state index in [0.29, 0.717) is 15.6 Å². The van der Waals surface area contributed by atoms with Crippen molar-refractivity contribution in [1.29, 1.82) is 0 Å². The van der Waals surface area contributed by atoms with Gasteiger partial charge in [-0.1, -0.05) is 34.8 Å². The number of benzene rings is 1. The molecule has 11 heteroatoms. The smallest absolute Gasteiger partial charge is 0.348 e. The van der Waals surface area contributed by atoms with Gasteiger partial charge in [0.15, 0.2) is 0 Å². The van der Waals surface area contributed by atoms with E-state index in [-0.39, 0.29) is 10.6 Å². The van der Waals surface area contributed by atoms with Gasteiger partial charge in [-0.15, -0.1) is 27.8 Å². The molecule has 0 saturated carbocycles. The number of carbonyl (C=O) groups is 1. The van der Waals surface area contributed by atoms with Crippen LogP contribution in [0.2, 0.25) is 0 Å². The maximum absolute atomic E-state index is 12.1. The van der Waals surface area contributed by atoms with Gasteiger partial charge < -0.3 is 5.11 Å². The summed E-state index contributed by atoms with van der Waals surface area (Å²) in [6.45, 7) is 0. The summed E-state index contributed by atoms with van der Waals surface area (Å²) in [5.41, 5.74) is 1.67. The van der Waals surface area contributed by atoms with Gasteiger partial charge in [-0.2, -0.15) is 0 Å². The van der Waals surface area contributed by atoms with Crippen LogP contribution >= 0.6 is 34.2 Å². The highest BCUT2D eigenvalue weighted by Gasteiger charge is 2.27. The van der Waals surface area contributed by atoms with Crippen molar-refractivity contribution >= 4 is 62.1 Å². The molecule has 2 N–H and O–H groups in total. The molecule has 0 fully saturated rings. The van der Waals surface area contributed by atoms with Gasteiger partial charge in [-0.25, -0.2) is 13.3 Å². The minimum Gasteiger partial charge on any atom is -0.477 e. The fourth-order valence-electron chi connectivity index (χ4n) is 2.56. The molecule has 28 heavy (non-hydrogen) atoms. The van der Waals surface area contributed by atoms with Gasteiger partial charge in [-0.05, 0) is 35.3 Å². The third kappa shape index (κ3) is 3.62. The quantitative estimate of drug-likeness (QED) is 0.403. The molecule has 3 aromatic heterocycles. The number of rotatable bonds is 6. The van der Waals surface area contributed by atoms with Crippen LogP contribution in [0.3, 0.4) is 0 Å². The zero-order valence-electron chi connectivity index (χ0n) is 13.9. The number of hydrogen-bond acceptors (Lipinski definition) is 7. The molecule has 0 aliphatic carbocycles. The molecular formula is C17H11N3O4S4. The van der Waals surface area contributed by atoms with Crippen LogP contribution in [0.15, 0.2) is 53.9 Å². The zero-order valence-corrected chi connectivity index (χ0v) is 17.1. The van der Waals surface area contributed by atoms with E-state index in [1.54, 1.807) is 23.6 Å². The van der Waals surface area contributed by atoms with E-state index in [9.17, 15) is 18.7 Å². The first kappa shape index (κ1) is 18.9. The molecule has 3 heterocycles. The second kappa shape index (κ2) is 7.89. The molecule has 1 unspecified atom stereocenters. The maximum atomic E-state index is 12.1. The summed E-state index contributed by atoms with van der Waals surface area (Å²) >= 11 is 1.05. The van der Waals surface area contributed by atoms with Gasteiger partial charge in [-0.3, -0.25) is 4.55 Å². The predicted octanol–water partition coefficient (Wildman–Crippen LogP) is 4.97. The number of hydrogen-bond donors (Lipinski definition) is 2. The molecular weight excluding hydrogens is 438 g/mol. The molecule has 0 bridgehead atoms. The fourth-order valence-corrected chi connectivity index (χ4v) is 5.84. The molecule has 0 aliphatic rings. The van der Waals surface area contributed by atoms with E-state index < -0.39 is 17.2 Å². The van der Waals surface area contributed by atoms with Crippen molar-refractivity contribution < 1.29 is 18.7 Å². The van der Waals surface area contributed by atoms with Crippen LogP contribution in [0, 0.1) is 0 Å². The number of nitrogens with zero attached hydrogens (tertiary/aromatic N) is 3. The summed E-state index contributed by atoms with van der Waals surface area (Å²) in [4.78, 5) is 13.3. The van der Waals surface area contributed by atoms with Gasteiger partial charge in [0, 0.05) is 10.3 Å². The molecule has 1 aromatic carbocycles. The standard InChI is InChI=1S/C17H11N3O4S4/c21-17(22)16-12(8-14(27-16)10-4-2-1-3-5-10)20(28(23)24)15-7-6-13(26-15)11-9-25-19-18-11/h1-9H,(H,21,22)(H,23,24). The van der Waals surface area contributed by atoms with Crippen molar-refractivity contribution in [3.63, 3.8) is 0 Å². The SMILES string of the molecule is O=C(O)c1sc(-c2ccccc2)cc1N(c1ccc(-c2csnn2)s1)S(=O)O. The van der Waals surface area contributed by atoms with E-state index in [1.165, 1.54) is 22.9 Å². The molecule has 142 valence electrons. The Balaban J connectivity index is 1.81. The Labute approximate surface area is 174 Å². The molecule has 0 amide bonds. The zero-order chi connectivity index (χ0) is 19.7. The third-order valence-corrected chi connectivity index (χ3v) is 7.32. The highest BCUT2D eigenvalue weighted by molar-refractivity contribution is 7.81. The predicted molar refractivity (Wildman–Crippen MR) is 113 cm³/mol. The van der Waals surface area contributed by atoms with Crippen LogP contribution in [0.4, 0.5) is 10.7 Å². The van der Waals surface area contributed by atoms with Crippen LogP contribution in [-0.4, -0.2) is 29.4 Å². The Morgan fingerprint density at radius 3 is 2.50 bits per heavy atom. The van der Waals surface area contributed by atoms with E-state index in [0.717, 1.165) is 26.1 Å². The molecule has 7 nitrogen and oxygen atoms in total. The van der Waals surface area contributed by atoms with Crippen LogP contribution in [0.1, 0.15) is 9.67 Å². The Morgan fingerprint density at radius 1 is 1.07 bits per heavy atom. The van der Waals surface area contributed by atoms with Crippen LogP contribution in [0.5, 0.6) is 0 Å². The third-order valence-electron chi connectivity index (χ3n) is 3.74.